The monoisotopic (exact) mass is 373 g/mol. The number of hydrogen-bond acceptors (Lipinski definition) is 5. The van der Waals surface area contributed by atoms with Gasteiger partial charge in [-0.2, -0.15) is 0 Å². The summed E-state index contributed by atoms with van der Waals surface area (Å²) in [6, 6.07) is 5.84. The molecule has 4 rings (SSSR count). The second-order valence-electron chi connectivity index (χ2n) is 7.44. The summed E-state index contributed by atoms with van der Waals surface area (Å²) < 4.78 is 11.3. The highest BCUT2D eigenvalue weighted by atomic mass is 16.6. The van der Waals surface area contributed by atoms with E-state index >= 15 is 0 Å². The molecule has 0 radical (unpaired) electrons. The van der Waals surface area contributed by atoms with Crippen molar-refractivity contribution in [3.05, 3.63) is 23.8 Å². The van der Waals surface area contributed by atoms with E-state index in [1.54, 1.807) is 0 Å². The first-order chi connectivity index (χ1) is 13.2. The van der Waals surface area contributed by atoms with Gasteiger partial charge in [0, 0.05) is 12.6 Å². The Morgan fingerprint density at radius 3 is 2.89 bits per heavy atom. The van der Waals surface area contributed by atoms with Gasteiger partial charge in [-0.15, -0.1) is 0 Å². The Hall–Kier alpha value is -2.28. The Kier molecular flexibility index (Phi) is 5.48. The second-order valence-corrected chi connectivity index (χ2v) is 7.44. The van der Waals surface area contributed by atoms with Crippen molar-refractivity contribution in [1.29, 1.82) is 0 Å². The molecule has 27 heavy (non-hydrogen) atoms. The van der Waals surface area contributed by atoms with E-state index in [1.165, 1.54) is 0 Å². The predicted octanol–water partition coefficient (Wildman–Crippen LogP) is 1.38. The minimum Gasteiger partial charge on any atom is -0.486 e. The van der Waals surface area contributed by atoms with E-state index in [-0.39, 0.29) is 17.9 Å². The van der Waals surface area contributed by atoms with Crippen LogP contribution in [0.15, 0.2) is 18.2 Å². The molecule has 7 heteroatoms. The SMILES string of the molecule is O=C(CN1CCC[C@H]1c1ccc2c(c1)OCCO2)N[C@@H]1CCCCNC1=O. The lowest BCUT2D eigenvalue weighted by atomic mass is 10.0. The molecule has 0 unspecified atom stereocenters. The fourth-order valence-electron chi connectivity index (χ4n) is 4.16. The van der Waals surface area contributed by atoms with Crippen molar-refractivity contribution in [2.24, 2.45) is 0 Å². The number of nitrogens with zero attached hydrogens (tertiary/aromatic N) is 1. The molecule has 3 aliphatic rings. The van der Waals surface area contributed by atoms with Gasteiger partial charge >= 0.3 is 0 Å². The van der Waals surface area contributed by atoms with Gasteiger partial charge in [-0.25, -0.2) is 0 Å². The lowest BCUT2D eigenvalue weighted by Crippen LogP contribution is -2.48. The van der Waals surface area contributed by atoms with Crippen LogP contribution in [0.3, 0.4) is 0 Å². The average Bonchev–Trinajstić information content (AvgIpc) is 3.04. The number of hydrogen-bond donors (Lipinski definition) is 2. The molecule has 7 nitrogen and oxygen atoms in total. The maximum Gasteiger partial charge on any atom is 0.242 e. The van der Waals surface area contributed by atoms with Gasteiger partial charge in [0.05, 0.1) is 6.54 Å². The Labute approximate surface area is 159 Å². The minimum absolute atomic E-state index is 0.0642. The summed E-state index contributed by atoms with van der Waals surface area (Å²) in [5.41, 5.74) is 1.15. The van der Waals surface area contributed by atoms with Gasteiger partial charge in [0.25, 0.3) is 0 Å². The molecule has 2 N–H and O–H groups in total. The predicted molar refractivity (Wildman–Crippen MR) is 99.8 cm³/mol. The topological polar surface area (TPSA) is 79.9 Å². The molecular formula is C20H27N3O4. The van der Waals surface area contributed by atoms with Crippen LogP contribution < -0.4 is 20.1 Å². The van der Waals surface area contributed by atoms with E-state index in [9.17, 15) is 9.59 Å². The van der Waals surface area contributed by atoms with E-state index < -0.39 is 6.04 Å². The summed E-state index contributed by atoms with van der Waals surface area (Å²) in [6.07, 6.45) is 4.69. The van der Waals surface area contributed by atoms with Crippen LogP contribution in [0, 0.1) is 0 Å². The molecule has 146 valence electrons. The number of rotatable bonds is 4. The van der Waals surface area contributed by atoms with Crippen molar-refractivity contribution in [3.63, 3.8) is 0 Å². The number of ether oxygens (including phenoxy) is 2. The molecule has 2 fully saturated rings. The molecule has 0 aromatic heterocycles. The number of benzene rings is 1. The van der Waals surface area contributed by atoms with Crippen LogP contribution in [0.25, 0.3) is 0 Å². The number of nitrogens with one attached hydrogen (secondary N) is 2. The zero-order valence-electron chi connectivity index (χ0n) is 15.5. The molecule has 2 saturated heterocycles. The van der Waals surface area contributed by atoms with Crippen molar-refractivity contribution < 1.29 is 19.1 Å². The first kappa shape index (κ1) is 18.1. The standard InChI is InChI=1S/C20H27N3O4/c24-19(22-15-4-1-2-8-21-20(15)25)13-23-9-3-5-16(23)14-6-7-17-18(12-14)27-11-10-26-17/h6-7,12,15-16H,1-5,8-11,13H2,(H,21,25)(H,22,24)/t15-,16+/m1/s1. The van der Waals surface area contributed by atoms with E-state index in [4.69, 9.17) is 9.47 Å². The fraction of sp³-hybridized carbons (Fsp3) is 0.600. The summed E-state index contributed by atoms with van der Waals surface area (Å²) in [6.45, 7) is 3.03. The first-order valence-electron chi connectivity index (χ1n) is 9.91. The molecule has 3 heterocycles. The number of fused-ring (bicyclic) bond motifs is 1. The summed E-state index contributed by atoms with van der Waals surface area (Å²) in [4.78, 5) is 26.8. The summed E-state index contributed by atoms with van der Waals surface area (Å²) in [5, 5.41) is 5.78. The molecule has 0 aliphatic carbocycles. The van der Waals surface area contributed by atoms with E-state index in [0.717, 1.165) is 49.3 Å². The highest BCUT2D eigenvalue weighted by molar-refractivity contribution is 5.88. The van der Waals surface area contributed by atoms with Crippen LogP contribution in [0.5, 0.6) is 11.5 Å². The van der Waals surface area contributed by atoms with Crippen LogP contribution in [-0.4, -0.2) is 55.6 Å². The molecule has 1 aromatic rings. The number of carbonyl (C=O) groups excluding carboxylic acids is 2. The van der Waals surface area contributed by atoms with E-state index in [1.807, 2.05) is 12.1 Å². The Morgan fingerprint density at radius 1 is 1.15 bits per heavy atom. The Balaban J connectivity index is 1.39. The quantitative estimate of drug-likeness (QED) is 0.834. The lowest BCUT2D eigenvalue weighted by molar-refractivity contribution is -0.129. The zero-order chi connectivity index (χ0) is 18.6. The second kappa shape index (κ2) is 8.17. The van der Waals surface area contributed by atoms with Gasteiger partial charge in [-0.3, -0.25) is 14.5 Å². The summed E-state index contributed by atoms with van der Waals surface area (Å²) in [5.74, 6) is 1.42. The van der Waals surface area contributed by atoms with Crippen LogP contribution in [0.2, 0.25) is 0 Å². The fourth-order valence-corrected chi connectivity index (χ4v) is 4.16. The molecular weight excluding hydrogens is 346 g/mol. The molecule has 0 bridgehead atoms. The van der Waals surface area contributed by atoms with E-state index in [0.29, 0.717) is 32.7 Å². The van der Waals surface area contributed by atoms with Crippen molar-refractivity contribution >= 4 is 11.8 Å². The van der Waals surface area contributed by atoms with Crippen LogP contribution in [0.4, 0.5) is 0 Å². The highest BCUT2D eigenvalue weighted by Crippen LogP contribution is 2.37. The zero-order valence-corrected chi connectivity index (χ0v) is 15.5. The number of likely N-dealkylation sites (tertiary alicyclic amines) is 1. The Morgan fingerprint density at radius 2 is 2.00 bits per heavy atom. The van der Waals surface area contributed by atoms with Crippen LogP contribution in [0.1, 0.15) is 43.7 Å². The van der Waals surface area contributed by atoms with Gasteiger partial charge in [-0.1, -0.05) is 6.07 Å². The van der Waals surface area contributed by atoms with Crippen molar-refractivity contribution in [2.75, 3.05) is 32.8 Å². The smallest absolute Gasteiger partial charge is 0.242 e. The van der Waals surface area contributed by atoms with Gasteiger partial charge in [-0.05, 0) is 56.3 Å². The third-order valence-electron chi connectivity index (χ3n) is 5.53. The maximum absolute atomic E-state index is 12.6. The largest absolute Gasteiger partial charge is 0.486 e. The number of carbonyl (C=O) groups is 2. The Bertz CT molecular complexity index is 708. The molecule has 0 saturated carbocycles. The highest BCUT2D eigenvalue weighted by Gasteiger charge is 2.30. The van der Waals surface area contributed by atoms with Crippen LogP contribution >= 0.6 is 0 Å². The van der Waals surface area contributed by atoms with Gasteiger partial charge in [0.2, 0.25) is 11.8 Å². The maximum atomic E-state index is 12.6. The van der Waals surface area contributed by atoms with Gasteiger partial charge in [0.15, 0.2) is 11.5 Å². The van der Waals surface area contributed by atoms with Gasteiger partial charge < -0.3 is 20.1 Å². The lowest BCUT2D eigenvalue weighted by Gasteiger charge is -2.26. The van der Waals surface area contributed by atoms with Gasteiger partial charge in [0.1, 0.15) is 19.3 Å². The third kappa shape index (κ3) is 4.18. The first-order valence-corrected chi connectivity index (χ1v) is 9.91. The van der Waals surface area contributed by atoms with Crippen LogP contribution in [-0.2, 0) is 9.59 Å². The van der Waals surface area contributed by atoms with Crippen molar-refractivity contribution in [3.8, 4) is 11.5 Å². The van der Waals surface area contributed by atoms with Crippen molar-refractivity contribution in [2.45, 2.75) is 44.2 Å². The van der Waals surface area contributed by atoms with Crippen molar-refractivity contribution in [1.82, 2.24) is 15.5 Å². The molecule has 3 aliphatic heterocycles. The normalized spacial score (nSPS) is 25.6. The summed E-state index contributed by atoms with van der Waals surface area (Å²) in [7, 11) is 0. The number of amides is 2. The van der Waals surface area contributed by atoms with E-state index in [2.05, 4.69) is 21.6 Å². The minimum atomic E-state index is -0.407. The summed E-state index contributed by atoms with van der Waals surface area (Å²) >= 11 is 0. The average molecular weight is 373 g/mol. The molecule has 2 amide bonds. The molecule has 2 atom stereocenters. The third-order valence-corrected chi connectivity index (χ3v) is 5.53. The molecule has 1 aromatic carbocycles. The molecule has 0 spiro atoms.